The first kappa shape index (κ1) is 15.9. The minimum absolute atomic E-state index is 0.118. The van der Waals surface area contributed by atoms with Crippen LogP contribution in [-0.2, 0) is 28.5 Å². The quantitative estimate of drug-likeness (QED) is 0.790. The SMILES string of the molecule is Cc1ccc(S(=O)(=O)O[C@@H]2[C@H]3OC(C)(C)O[C@H]3O[C@@H]2C)cc1. The Morgan fingerprint density at radius 3 is 2.41 bits per heavy atom. The third-order valence-electron chi connectivity index (χ3n) is 3.77. The van der Waals surface area contributed by atoms with Gasteiger partial charge in [-0.3, -0.25) is 4.18 Å². The highest BCUT2D eigenvalue weighted by atomic mass is 32.2. The smallest absolute Gasteiger partial charge is 0.297 e. The third-order valence-corrected chi connectivity index (χ3v) is 5.10. The van der Waals surface area contributed by atoms with Crippen LogP contribution in [0.15, 0.2) is 29.2 Å². The van der Waals surface area contributed by atoms with Crippen molar-refractivity contribution in [2.75, 3.05) is 0 Å². The Kier molecular flexibility index (Phi) is 3.81. The molecule has 2 saturated heterocycles. The van der Waals surface area contributed by atoms with Crippen LogP contribution in [0.5, 0.6) is 0 Å². The van der Waals surface area contributed by atoms with Gasteiger partial charge in [-0.15, -0.1) is 0 Å². The summed E-state index contributed by atoms with van der Waals surface area (Å²) in [6, 6.07) is 6.51. The van der Waals surface area contributed by atoms with E-state index < -0.39 is 40.5 Å². The van der Waals surface area contributed by atoms with Crippen molar-refractivity contribution in [2.24, 2.45) is 0 Å². The lowest BCUT2D eigenvalue weighted by molar-refractivity contribution is -0.210. The first-order valence-corrected chi connectivity index (χ1v) is 8.60. The van der Waals surface area contributed by atoms with Crippen molar-refractivity contribution in [1.82, 2.24) is 0 Å². The van der Waals surface area contributed by atoms with Crippen LogP contribution in [0.3, 0.4) is 0 Å². The second kappa shape index (κ2) is 5.28. The lowest BCUT2D eigenvalue weighted by atomic mass is 10.2. The van der Waals surface area contributed by atoms with Crippen LogP contribution in [0.4, 0.5) is 0 Å². The Morgan fingerprint density at radius 2 is 1.77 bits per heavy atom. The summed E-state index contributed by atoms with van der Waals surface area (Å²) in [5.74, 6) is -0.815. The van der Waals surface area contributed by atoms with E-state index >= 15 is 0 Å². The predicted octanol–water partition coefficient (Wildman–Crippen LogP) is 1.97. The topological polar surface area (TPSA) is 71.1 Å². The summed E-state index contributed by atoms with van der Waals surface area (Å²) >= 11 is 0. The van der Waals surface area contributed by atoms with Gasteiger partial charge in [0.15, 0.2) is 12.1 Å². The summed E-state index contributed by atoms with van der Waals surface area (Å²) in [5, 5.41) is 0. The molecule has 0 bridgehead atoms. The van der Waals surface area contributed by atoms with Crippen LogP contribution < -0.4 is 0 Å². The van der Waals surface area contributed by atoms with E-state index in [2.05, 4.69) is 0 Å². The highest BCUT2D eigenvalue weighted by Gasteiger charge is 2.55. The minimum atomic E-state index is -3.88. The van der Waals surface area contributed by atoms with Gasteiger partial charge < -0.3 is 14.2 Å². The molecule has 0 N–H and O–H groups in total. The van der Waals surface area contributed by atoms with E-state index in [1.165, 1.54) is 12.1 Å². The molecule has 0 aliphatic carbocycles. The van der Waals surface area contributed by atoms with Crippen LogP contribution in [-0.4, -0.2) is 38.8 Å². The monoisotopic (exact) mass is 328 g/mol. The summed E-state index contributed by atoms with van der Waals surface area (Å²) in [7, 11) is -3.88. The van der Waals surface area contributed by atoms with Crippen LogP contribution in [0.1, 0.15) is 26.3 Å². The summed E-state index contributed by atoms with van der Waals surface area (Å²) in [4.78, 5) is 0.118. The molecule has 0 spiro atoms. The standard InChI is InChI=1S/C15H20O6S/c1-9-5-7-11(8-6-9)22(16,17)21-12-10(2)18-14-13(12)19-15(3,4)20-14/h5-8,10,12-14H,1-4H3/t10-,12+,13-,14-/m1/s1. The van der Waals surface area contributed by atoms with Crippen molar-refractivity contribution in [3.63, 3.8) is 0 Å². The van der Waals surface area contributed by atoms with E-state index in [0.29, 0.717) is 0 Å². The number of rotatable bonds is 3. The molecule has 2 fully saturated rings. The maximum atomic E-state index is 12.4. The fourth-order valence-electron chi connectivity index (χ4n) is 2.68. The second-order valence-electron chi connectivity index (χ2n) is 6.14. The third kappa shape index (κ3) is 2.91. The van der Waals surface area contributed by atoms with Gasteiger partial charge in [-0.1, -0.05) is 17.7 Å². The first-order valence-electron chi connectivity index (χ1n) is 7.19. The van der Waals surface area contributed by atoms with E-state index in [9.17, 15) is 8.42 Å². The molecular formula is C15H20O6S. The van der Waals surface area contributed by atoms with Crippen molar-refractivity contribution in [2.45, 2.75) is 63.0 Å². The minimum Gasteiger partial charge on any atom is -0.344 e. The molecule has 0 radical (unpaired) electrons. The number of hydrogen-bond acceptors (Lipinski definition) is 6. The van der Waals surface area contributed by atoms with Gasteiger partial charge in [0.05, 0.1) is 11.0 Å². The van der Waals surface area contributed by atoms with Crippen molar-refractivity contribution in [3.8, 4) is 0 Å². The maximum Gasteiger partial charge on any atom is 0.297 e. The highest BCUT2D eigenvalue weighted by Crippen LogP contribution is 2.39. The Bertz CT molecular complexity index is 651. The maximum absolute atomic E-state index is 12.4. The van der Waals surface area contributed by atoms with Gasteiger partial charge in [-0.2, -0.15) is 8.42 Å². The molecule has 0 aromatic heterocycles. The molecule has 122 valence electrons. The van der Waals surface area contributed by atoms with Gasteiger partial charge in [0.25, 0.3) is 10.1 Å². The first-order chi connectivity index (χ1) is 10.2. The molecule has 1 aromatic rings. The molecule has 0 amide bonds. The number of hydrogen-bond donors (Lipinski definition) is 0. The summed E-state index contributed by atoms with van der Waals surface area (Å²) in [5.41, 5.74) is 0.978. The molecule has 0 unspecified atom stereocenters. The lowest BCUT2D eigenvalue weighted by Gasteiger charge is -2.23. The zero-order valence-corrected chi connectivity index (χ0v) is 13.8. The van der Waals surface area contributed by atoms with Gasteiger partial charge in [-0.05, 0) is 39.8 Å². The molecule has 4 atom stereocenters. The van der Waals surface area contributed by atoms with Crippen molar-refractivity contribution < 1.29 is 26.8 Å². The molecule has 1 aromatic carbocycles. The van der Waals surface area contributed by atoms with Crippen LogP contribution >= 0.6 is 0 Å². The van der Waals surface area contributed by atoms with E-state index in [4.69, 9.17) is 18.4 Å². The van der Waals surface area contributed by atoms with Gasteiger partial charge >= 0.3 is 0 Å². The molecule has 2 aliphatic heterocycles. The summed E-state index contributed by atoms with van der Waals surface area (Å²) in [6.07, 6.45) is -2.35. The Hall–Kier alpha value is -0.990. The van der Waals surface area contributed by atoms with Gasteiger partial charge in [0.2, 0.25) is 0 Å². The van der Waals surface area contributed by atoms with Gasteiger partial charge in [-0.25, -0.2) is 0 Å². The molecular weight excluding hydrogens is 308 g/mol. The van der Waals surface area contributed by atoms with Crippen molar-refractivity contribution >= 4 is 10.1 Å². The van der Waals surface area contributed by atoms with Gasteiger partial charge in [0.1, 0.15) is 12.2 Å². The number of fused-ring (bicyclic) bond motifs is 1. The van der Waals surface area contributed by atoms with Crippen LogP contribution in [0.25, 0.3) is 0 Å². The van der Waals surface area contributed by atoms with E-state index in [0.717, 1.165) is 5.56 Å². The Morgan fingerprint density at radius 1 is 1.14 bits per heavy atom. The lowest BCUT2D eigenvalue weighted by Crippen LogP contribution is -2.37. The molecule has 22 heavy (non-hydrogen) atoms. The van der Waals surface area contributed by atoms with Gasteiger partial charge in [0, 0.05) is 0 Å². The molecule has 2 heterocycles. The molecule has 3 rings (SSSR count). The van der Waals surface area contributed by atoms with Crippen molar-refractivity contribution in [3.05, 3.63) is 29.8 Å². The average Bonchev–Trinajstić information content (AvgIpc) is 2.83. The molecule has 6 nitrogen and oxygen atoms in total. The van der Waals surface area contributed by atoms with E-state index in [1.807, 2.05) is 6.92 Å². The highest BCUT2D eigenvalue weighted by molar-refractivity contribution is 7.86. The van der Waals surface area contributed by atoms with Crippen LogP contribution in [0, 0.1) is 6.92 Å². The Balaban J connectivity index is 1.81. The molecule has 0 saturated carbocycles. The zero-order chi connectivity index (χ0) is 16.1. The zero-order valence-electron chi connectivity index (χ0n) is 13.0. The fourth-order valence-corrected chi connectivity index (χ4v) is 3.82. The van der Waals surface area contributed by atoms with E-state index in [1.54, 1.807) is 32.9 Å². The number of benzene rings is 1. The number of ether oxygens (including phenoxy) is 3. The molecule has 7 heteroatoms. The van der Waals surface area contributed by atoms with Crippen LogP contribution in [0.2, 0.25) is 0 Å². The molecule has 2 aliphatic rings. The average molecular weight is 328 g/mol. The normalized spacial score (nSPS) is 33.8. The largest absolute Gasteiger partial charge is 0.344 e. The summed E-state index contributed by atoms with van der Waals surface area (Å²) < 4.78 is 47.1. The Labute approximate surface area is 130 Å². The van der Waals surface area contributed by atoms with E-state index in [-0.39, 0.29) is 4.90 Å². The van der Waals surface area contributed by atoms with Crippen molar-refractivity contribution in [1.29, 1.82) is 0 Å². The second-order valence-corrected chi connectivity index (χ2v) is 7.71. The summed E-state index contributed by atoms with van der Waals surface area (Å²) in [6.45, 7) is 7.14. The fraction of sp³-hybridized carbons (Fsp3) is 0.600. The number of aryl methyl sites for hydroxylation is 1. The predicted molar refractivity (Wildman–Crippen MR) is 77.6 cm³/mol.